The second kappa shape index (κ2) is 4.10. The highest BCUT2D eigenvalue weighted by Crippen LogP contribution is 2.24. The highest BCUT2D eigenvalue weighted by molar-refractivity contribution is 6.18. The Morgan fingerprint density at radius 1 is 1.31 bits per heavy atom. The Labute approximate surface area is 83.7 Å². The molecule has 0 amide bonds. The van der Waals surface area contributed by atoms with E-state index < -0.39 is 0 Å². The molecule has 0 aliphatic rings. The summed E-state index contributed by atoms with van der Waals surface area (Å²) in [6.45, 7) is 4.07. The van der Waals surface area contributed by atoms with Gasteiger partial charge in [0.2, 0.25) is 0 Å². The molecule has 0 aromatic heterocycles. The lowest BCUT2D eigenvalue weighted by atomic mass is 9.88. The summed E-state index contributed by atoms with van der Waals surface area (Å²) in [5.41, 5.74) is 0.706. The van der Waals surface area contributed by atoms with Crippen LogP contribution < -0.4 is 0 Å². The van der Waals surface area contributed by atoms with Gasteiger partial charge in [-0.05, 0) is 23.5 Å². The fraction of sp³-hybridized carbons (Fsp3) is 0.455. The van der Waals surface area contributed by atoms with Crippen LogP contribution in [0.3, 0.4) is 0 Å². The van der Waals surface area contributed by atoms with Gasteiger partial charge in [-0.2, -0.15) is 0 Å². The molecule has 0 spiro atoms. The number of benzene rings is 1. The fourth-order valence-electron chi connectivity index (χ4n) is 1.20. The van der Waals surface area contributed by atoms with E-state index in [0.717, 1.165) is 5.56 Å². The van der Waals surface area contributed by atoms with Crippen LogP contribution >= 0.6 is 11.6 Å². The monoisotopic (exact) mass is 200 g/mol. The number of hydrogen-bond donors (Lipinski definition) is 0. The van der Waals surface area contributed by atoms with Crippen LogP contribution in [0.1, 0.15) is 19.4 Å². The third-order valence-electron chi connectivity index (χ3n) is 1.99. The van der Waals surface area contributed by atoms with E-state index in [-0.39, 0.29) is 11.2 Å². The maximum Gasteiger partial charge on any atom is 0.126 e. The quantitative estimate of drug-likeness (QED) is 0.654. The molecule has 0 N–H and O–H groups in total. The summed E-state index contributed by atoms with van der Waals surface area (Å²) in [5.74, 6) is 0.405. The van der Waals surface area contributed by atoms with Crippen LogP contribution in [0.25, 0.3) is 0 Å². The van der Waals surface area contributed by atoms with E-state index in [0.29, 0.717) is 12.3 Å². The Morgan fingerprint density at radius 3 is 2.46 bits per heavy atom. The molecular weight excluding hydrogens is 187 g/mol. The molecule has 0 nitrogen and oxygen atoms in total. The summed E-state index contributed by atoms with van der Waals surface area (Å²) in [5, 5.41) is 0. The van der Waals surface area contributed by atoms with Crippen LogP contribution in [0, 0.1) is 11.2 Å². The van der Waals surface area contributed by atoms with E-state index in [1.165, 1.54) is 6.07 Å². The van der Waals surface area contributed by atoms with Crippen molar-refractivity contribution in [2.45, 2.75) is 20.3 Å². The molecule has 0 heterocycles. The summed E-state index contributed by atoms with van der Waals surface area (Å²) in [7, 11) is 0. The van der Waals surface area contributed by atoms with Crippen LogP contribution in [-0.2, 0) is 6.42 Å². The lowest BCUT2D eigenvalue weighted by Crippen LogP contribution is -2.17. The predicted octanol–water partition coefficient (Wildman–Crippen LogP) is 3.63. The van der Waals surface area contributed by atoms with Crippen molar-refractivity contribution in [3.8, 4) is 0 Å². The minimum absolute atomic E-state index is 0.0379. The minimum atomic E-state index is -0.138. The van der Waals surface area contributed by atoms with E-state index in [1.807, 2.05) is 26.0 Å². The largest absolute Gasteiger partial charge is 0.207 e. The van der Waals surface area contributed by atoms with Crippen LogP contribution in [0.4, 0.5) is 4.39 Å². The molecule has 0 radical (unpaired) electrons. The van der Waals surface area contributed by atoms with Gasteiger partial charge >= 0.3 is 0 Å². The summed E-state index contributed by atoms with van der Waals surface area (Å²) in [6, 6.07) is 6.85. The molecule has 0 bridgehead atoms. The second-order valence-corrected chi connectivity index (χ2v) is 4.33. The molecule has 0 saturated carbocycles. The number of hydrogen-bond acceptors (Lipinski definition) is 0. The average Bonchev–Trinajstić information content (AvgIpc) is 2.09. The van der Waals surface area contributed by atoms with Gasteiger partial charge in [0.15, 0.2) is 0 Å². The maximum absolute atomic E-state index is 13.2. The van der Waals surface area contributed by atoms with Crippen molar-refractivity contribution >= 4 is 11.6 Å². The molecule has 1 aromatic carbocycles. The average molecular weight is 201 g/mol. The SMILES string of the molecule is CC(C)(CCl)Cc1ccccc1F. The standard InChI is InChI=1S/C11H14ClF/c1-11(2,8-12)7-9-5-3-4-6-10(9)13/h3-6H,7-8H2,1-2H3. The van der Waals surface area contributed by atoms with Gasteiger partial charge in [0.25, 0.3) is 0 Å². The molecule has 1 rings (SSSR count). The van der Waals surface area contributed by atoms with Crippen LogP contribution in [0.15, 0.2) is 24.3 Å². The summed E-state index contributed by atoms with van der Waals surface area (Å²) < 4.78 is 13.2. The van der Waals surface area contributed by atoms with E-state index in [1.54, 1.807) is 6.07 Å². The first-order chi connectivity index (χ1) is 6.05. The first kappa shape index (κ1) is 10.5. The Kier molecular flexibility index (Phi) is 3.32. The molecule has 0 saturated heterocycles. The van der Waals surface area contributed by atoms with Gasteiger partial charge in [-0.3, -0.25) is 0 Å². The molecule has 13 heavy (non-hydrogen) atoms. The normalized spacial score (nSPS) is 11.7. The van der Waals surface area contributed by atoms with Crippen molar-refractivity contribution in [3.05, 3.63) is 35.6 Å². The fourth-order valence-corrected chi connectivity index (χ4v) is 1.30. The smallest absolute Gasteiger partial charge is 0.126 e. The van der Waals surface area contributed by atoms with E-state index in [2.05, 4.69) is 0 Å². The Balaban J connectivity index is 2.80. The molecule has 1 aromatic rings. The molecule has 0 aliphatic heterocycles. The molecule has 0 aliphatic carbocycles. The second-order valence-electron chi connectivity index (χ2n) is 4.07. The van der Waals surface area contributed by atoms with Crippen molar-refractivity contribution in [3.63, 3.8) is 0 Å². The van der Waals surface area contributed by atoms with E-state index in [9.17, 15) is 4.39 Å². The first-order valence-corrected chi connectivity index (χ1v) is 4.88. The van der Waals surface area contributed by atoms with Gasteiger partial charge in [-0.15, -0.1) is 11.6 Å². The highest BCUT2D eigenvalue weighted by atomic mass is 35.5. The van der Waals surface area contributed by atoms with Crippen molar-refractivity contribution in [1.82, 2.24) is 0 Å². The van der Waals surface area contributed by atoms with Crippen LogP contribution in [-0.4, -0.2) is 5.88 Å². The third-order valence-corrected chi connectivity index (χ3v) is 2.71. The van der Waals surface area contributed by atoms with Gasteiger partial charge in [-0.1, -0.05) is 32.0 Å². The van der Waals surface area contributed by atoms with Crippen molar-refractivity contribution in [2.75, 3.05) is 5.88 Å². The predicted molar refractivity (Wildman–Crippen MR) is 54.6 cm³/mol. The van der Waals surface area contributed by atoms with Gasteiger partial charge in [-0.25, -0.2) is 4.39 Å². The van der Waals surface area contributed by atoms with Gasteiger partial charge < -0.3 is 0 Å². The van der Waals surface area contributed by atoms with Crippen LogP contribution in [0.2, 0.25) is 0 Å². The van der Waals surface area contributed by atoms with Gasteiger partial charge in [0, 0.05) is 5.88 Å². The highest BCUT2D eigenvalue weighted by Gasteiger charge is 2.18. The van der Waals surface area contributed by atoms with E-state index in [4.69, 9.17) is 11.6 Å². The lowest BCUT2D eigenvalue weighted by molar-refractivity contribution is 0.408. The maximum atomic E-state index is 13.2. The van der Waals surface area contributed by atoms with Crippen molar-refractivity contribution in [1.29, 1.82) is 0 Å². The molecule has 0 unspecified atom stereocenters. The first-order valence-electron chi connectivity index (χ1n) is 4.34. The summed E-state index contributed by atoms with van der Waals surface area (Å²) >= 11 is 5.77. The summed E-state index contributed by atoms with van der Waals surface area (Å²) in [6.07, 6.45) is 0.684. The van der Waals surface area contributed by atoms with Crippen molar-refractivity contribution < 1.29 is 4.39 Å². The lowest BCUT2D eigenvalue weighted by Gasteiger charge is -2.21. The zero-order valence-electron chi connectivity index (χ0n) is 7.98. The van der Waals surface area contributed by atoms with Crippen molar-refractivity contribution in [2.24, 2.45) is 5.41 Å². The van der Waals surface area contributed by atoms with E-state index >= 15 is 0 Å². The Morgan fingerprint density at radius 2 is 1.92 bits per heavy atom. The van der Waals surface area contributed by atoms with Gasteiger partial charge in [0.05, 0.1) is 0 Å². The number of halogens is 2. The topological polar surface area (TPSA) is 0 Å². The molecule has 2 heteroatoms. The Bertz CT molecular complexity index is 281. The third kappa shape index (κ3) is 3.00. The Hall–Kier alpha value is -0.560. The summed E-state index contributed by atoms with van der Waals surface area (Å²) in [4.78, 5) is 0. The molecule has 0 fully saturated rings. The van der Waals surface area contributed by atoms with Crippen LogP contribution in [0.5, 0.6) is 0 Å². The number of rotatable bonds is 3. The molecule has 72 valence electrons. The zero-order chi connectivity index (χ0) is 9.90. The zero-order valence-corrected chi connectivity index (χ0v) is 8.74. The van der Waals surface area contributed by atoms with Gasteiger partial charge in [0.1, 0.15) is 5.82 Å². The molecular formula is C11H14ClF. The molecule has 0 atom stereocenters. The number of alkyl halides is 1. The minimum Gasteiger partial charge on any atom is -0.207 e.